The number of nitrogens with one attached hydrogen (secondary N) is 2. The van der Waals surface area contributed by atoms with Crippen LogP contribution in [0, 0.1) is 11.8 Å². The molecule has 0 radical (unpaired) electrons. The monoisotopic (exact) mass is 526 g/mol. The topological polar surface area (TPSA) is 108 Å². The fraction of sp³-hybridized carbons (Fsp3) is 0.154. The van der Waals surface area contributed by atoms with Gasteiger partial charge < -0.3 is 30.6 Å². The molecule has 10 heteroatoms. The van der Waals surface area contributed by atoms with Crippen molar-refractivity contribution in [2.45, 2.75) is 6.92 Å². The number of methoxy groups -OCH3 is 3. The molecule has 0 bridgehead atoms. The number of nitrogens with two attached hydrogens (primary N) is 1. The van der Waals surface area contributed by atoms with Crippen LogP contribution >= 0.6 is 23.2 Å². The number of pyridine rings is 1. The average Bonchev–Trinajstić information content (AvgIpc) is 2.86. The van der Waals surface area contributed by atoms with Gasteiger partial charge >= 0.3 is 0 Å². The number of hydrogen-bond donors (Lipinski definition) is 3. The third-order valence-electron chi connectivity index (χ3n) is 4.91. The van der Waals surface area contributed by atoms with Gasteiger partial charge in [-0.3, -0.25) is 4.79 Å². The molecule has 3 rings (SSSR count). The summed E-state index contributed by atoms with van der Waals surface area (Å²) < 4.78 is 16.2. The Morgan fingerprint density at radius 2 is 1.72 bits per heavy atom. The van der Waals surface area contributed by atoms with E-state index < -0.39 is 5.91 Å². The van der Waals surface area contributed by atoms with E-state index in [0.717, 1.165) is 0 Å². The van der Waals surface area contributed by atoms with Crippen molar-refractivity contribution in [2.75, 3.05) is 37.7 Å². The van der Waals surface area contributed by atoms with Gasteiger partial charge in [0.2, 0.25) is 11.7 Å². The van der Waals surface area contributed by atoms with Gasteiger partial charge in [0.1, 0.15) is 5.82 Å². The van der Waals surface area contributed by atoms with Crippen LogP contribution in [0.4, 0.5) is 22.9 Å². The lowest BCUT2D eigenvalue weighted by Crippen LogP contribution is -2.11. The Bertz CT molecular complexity index is 1360. The number of carbonyl (C=O) groups excluding carboxylic acids is 1. The molecule has 36 heavy (non-hydrogen) atoms. The summed E-state index contributed by atoms with van der Waals surface area (Å²) in [6.07, 6.45) is 2.98. The highest BCUT2D eigenvalue weighted by molar-refractivity contribution is 6.42. The van der Waals surface area contributed by atoms with Crippen LogP contribution in [0.2, 0.25) is 10.0 Å². The zero-order valence-corrected chi connectivity index (χ0v) is 21.5. The minimum Gasteiger partial charge on any atom is -0.493 e. The smallest absolute Gasteiger partial charge is 0.249 e. The van der Waals surface area contributed by atoms with Gasteiger partial charge in [-0.15, -0.1) is 5.92 Å². The molecule has 0 aliphatic rings. The highest BCUT2D eigenvalue weighted by atomic mass is 35.5. The molecule has 0 spiro atoms. The second kappa shape index (κ2) is 12.1. The number of benzene rings is 2. The summed E-state index contributed by atoms with van der Waals surface area (Å²) in [5.41, 5.74) is 8.22. The van der Waals surface area contributed by atoms with Crippen molar-refractivity contribution in [1.29, 1.82) is 0 Å². The van der Waals surface area contributed by atoms with E-state index in [4.69, 9.17) is 43.1 Å². The van der Waals surface area contributed by atoms with Crippen LogP contribution in [0.25, 0.3) is 5.57 Å². The quantitative estimate of drug-likeness (QED) is 0.194. The molecule has 0 unspecified atom stereocenters. The summed E-state index contributed by atoms with van der Waals surface area (Å²) in [6.45, 7) is 1.67. The second-order valence-corrected chi connectivity index (χ2v) is 8.03. The van der Waals surface area contributed by atoms with E-state index in [-0.39, 0.29) is 15.7 Å². The van der Waals surface area contributed by atoms with Crippen LogP contribution < -0.4 is 30.6 Å². The van der Waals surface area contributed by atoms with Crippen LogP contribution in [0.1, 0.15) is 12.5 Å². The fourth-order valence-corrected chi connectivity index (χ4v) is 3.63. The fourth-order valence-electron chi connectivity index (χ4n) is 3.30. The third-order valence-corrected chi connectivity index (χ3v) is 5.63. The largest absolute Gasteiger partial charge is 0.493 e. The maximum atomic E-state index is 12.9. The van der Waals surface area contributed by atoms with Gasteiger partial charge in [0.25, 0.3) is 0 Å². The van der Waals surface area contributed by atoms with Gasteiger partial charge in [0.05, 0.1) is 42.7 Å². The van der Waals surface area contributed by atoms with E-state index in [1.807, 2.05) is 0 Å². The molecule has 186 valence electrons. The summed E-state index contributed by atoms with van der Waals surface area (Å²) in [6, 6.07) is 9.98. The maximum Gasteiger partial charge on any atom is 0.249 e. The number of rotatable bonds is 8. The number of nitrogen functional groups attached to an aromatic ring is 1. The molecule has 0 aliphatic carbocycles. The molecule has 8 nitrogen and oxygen atoms in total. The average molecular weight is 527 g/mol. The summed E-state index contributed by atoms with van der Waals surface area (Å²) in [5.74, 6) is 7.20. The van der Waals surface area contributed by atoms with E-state index in [0.29, 0.717) is 45.6 Å². The first-order valence-electron chi connectivity index (χ1n) is 10.5. The lowest BCUT2D eigenvalue weighted by molar-refractivity contribution is -0.111. The van der Waals surface area contributed by atoms with E-state index in [1.54, 1.807) is 37.4 Å². The van der Waals surface area contributed by atoms with E-state index in [1.165, 1.54) is 39.5 Å². The zero-order valence-electron chi connectivity index (χ0n) is 20.0. The number of aromatic nitrogens is 1. The minimum atomic E-state index is -0.458. The molecular formula is C26H24Cl2N4O4. The Labute approximate surface area is 219 Å². The lowest BCUT2D eigenvalue weighted by atomic mass is 10.1. The Kier molecular flexibility index (Phi) is 8.90. The Hall–Kier alpha value is -4.06. The van der Waals surface area contributed by atoms with Crippen molar-refractivity contribution in [3.8, 4) is 29.1 Å². The molecule has 1 heterocycles. The molecular weight excluding hydrogens is 503 g/mol. The van der Waals surface area contributed by atoms with E-state index >= 15 is 0 Å². The summed E-state index contributed by atoms with van der Waals surface area (Å²) in [7, 11) is 4.59. The van der Waals surface area contributed by atoms with Crippen molar-refractivity contribution in [3.05, 3.63) is 64.3 Å². The zero-order chi connectivity index (χ0) is 26.2. The summed E-state index contributed by atoms with van der Waals surface area (Å²) in [5, 5.41) is 6.51. The molecule has 0 fully saturated rings. The van der Waals surface area contributed by atoms with Crippen molar-refractivity contribution < 1.29 is 19.0 Å². The Balaban J connectivity index is 1.98. The van der Waals surface area contributed by atoms with Crippen molar-refractivity contribution in [2.24, 2.45) is 0 Å². The normalized spacial score (nSPS) is 10.7. The number of carbonyl (C=O) groups is 1. The highest BCUT2D eigenvalue weighted by Gasteiger charge is 2.16. The number of nitrogens with zero attached hydrogens (tertiary/aromatic N) is 1. The minimum absolute atomic E-state index is 0.266. The highest BCUT2D eigenvalue weighted by Crippen LogP contribution is 2.41. The molecule has 0 saturated heterocycles. The number of ether oxygens (including phenoxy) is 3. The van der Waals surface area contributed by atoms with Crippen molar-refractivity contribution >= 4 is 57.6 Å². The summed E-state index contributed by atoms with van der Waals surface area (Å²) in [4.78, 5) is 17.3. The molecule has 2 aromatic carbocycles. The van der Waals surface area contributed by atoms with Gasteiger partial charge in [0.15, 0.2) is 11.5 Å². The molecule has 1 amide bonds. The SMILES string of the molecule is CC#C/C(=C\C(=O)Nc1cc(Cl)c(Cl)cc1N)c1cccnc1Nc1cc(OC)c(OC)c(OC)c1. The Morgan fingerprint density at radius 1 is 1.06 bits per heavy atom. The van der Waals surface area contributed by atoms with Crippen LogP contribution in [-0.2, 0) is 4.79 Å². The van der Waals surface area contributed by atoms with Gasteiger partial charge in [-0.1, -0.05) is 29.1 Å². The second-order valence-electron chi connectivity index (χ2n) is 7.21. The lowest BCUT2D eigenvalue weighted by Gasteiger charge is -2.16. The van der Waals surface area contributed by atoms with Crippen LogP contribution in [0.3, 0.4) is 0 Å². The number of halogens is 2. The van der Waals surface area contributed by atoms with Gasteiger partial charge in [0, 0.05) is 41.2 Å². The third kappa shape index (κ3) is 6.13. The van der Waals surface area contributed by atoms with Crippen LogP contribution in [-0.4, -0.2) is 32.2 Å². The molecule has 0 atom stereocenters. The molecule has 1 aromatic heterocycles. The predicted octanol–water partition coefficient (Wildman–Crippen LogP) is 5.79. The van der Waals surface area contributed by atoms with Crippen LogP contribution in [0.5, 0.6) is 17.2 Å². The van der Waals surface area contributed by atoms with Crippen molar-refractivity contribution in [1.82, 2.24) is 4.98 Å². The first-order chi connectivity index (χ1) is 17.3. The maximum absolute atomic E-state index is 12.9. The predicted molar refractivity (Wildman–Crippen MR) is 145 cm³/mol. The van der Waals surface area contributed by atoms with E-state index in [9.17, 15) is 4.79 Å². The van der Waals surface area contributed by atoms with E-state index in [2.05, 4.69) is 27.5 Å². The van der Waals surface area contributed by atoms with Crippen LogP contribution in [0.15, 0.2) is 48.7 Å². The number of allylic oxidation sites excluding steroid dienone is 1. The molecule has 3 aromatic rings. The Morgan fingerprint density at radius 3 is 2.33 bits per heavy atom. The van der Waals surface area contributed by atoms with Gasteiger partial charge in [-0.2, -0.15) is 0 Å². The number of amides is 1. The van der Waals surface area contributed by atoms with Gasteiger partial charge in [-0.25, -0.2) is 4.98 Å². The first-order valence-corrected chi connectivity index (χ1v) is 11.3. The number of hydrogen-bond acceptors (Lipinski definition) is 7. The molecule has 0 saturated carbocycles. The van der Waals surface area contributed by atoms with Crippen molar-refractivity contribution in [3.63, 3.8) is 0 Å². The molecule has 4 N–H and O–H groups in total. The molecule has 0 aliphatic heterocycles. The van der Waals surface area contributed by atoms with Gasteiger partial charge in [-0.05, 0) is 31.2 Å². The number of anilines is 4. The summed E-state index contributed by atoms with van der Waals surface area (Å²) >= 11 is 12.0. The first kappa shape index (κ1) is 26.5. The standard InChI is InChI=1S/C26H24Cl2N4O4/c1-5-7-15(10-24(33)32-21-14-19(28)18(27)13-20(21)29)17-8-6-9-30-26(17)31-16-11-22(34-2)25(36-4)23(12-16)35-3/h6,8-14H,29H2,1-4H3,(H,30,31)(H,32,33)/b15-10+.